The van der Waals surface area contributed by atoms with Gasteiger partial charge in [-0.25, -0.2) is 0 Å². The van der Waals surface area contributed by atoms with Crippen LogP contribution in [0.1, 0.15) is 64.7 Å². The molecule has 0 aromatic rings. The normalized spacial score (nSPS) is 28.1. The number of hydrogen-bond acceptors (Lipinski definition) is 2. The summed E-state index contributed by atoms with van der Waals surface area (Å²) in [4.78, 5) is 0. The van der Waals surface area contributed by atoms with Gasteiger partial charge in [0.1, 0.15) is 0 Å². The van der Waals surface area contributed by atoms with Crippen molar-refractivity contribution in [1.29, 1.82) is 0 Å². The molecule has 94 valence electrons. The minimum atomic E-state index is -0.209. The lowest BCUT2D eigenvalue weighted by Crippen LogP contribution is -2.50. The Morgan fingerprint density at radius 2 is 1.75 bits per heavy atom. The number of aliphatic hydroxyl groups excluding tert-OH is 1. The van der Waals surface area contributed by atoms with Crippen molar-refractivity contribution in [1.82, 2.24) is 0 Å². The number of ether oxygens (including phenoxy) is 1. The van der Waals surface area contributed by atoms with Crippen LogP contribution in [0.15, 0.2) is 0 Å². The molecule has 2 heteroatoms. The van der Waals surface area contributed by atoms with Gasteiger partial charge in [0.25, 0.3) is 0 Å². The molecular formula is C14H26O2. The first kappa shape index (κ1) is 12.4. The van der Waals surface area contributed by atoms with E-state index in [-0.39, 0.29) is 11.7 Å². The minimum Gasteiger partial charge on any atom is -0.390 e. The molecule has 0 heterocycles. The van der Waals surface area contributed by atoms with E-state index < -0.39 is 0 Å². The van der Waals surface area contributed by atoms with Crippen LogP contribution in [0.5, 0.6) is 0 Å². The quantitative estimate of drug-likeness (QED) is 0.745. The summed E-state index contributed by atoms with van der Waals surface area (Å²) in [5, 5.41) is 10.6. The lowest BCUT2D eigenvalue weighted by molar-refractivity contribution is -0.157. The van der Waals surface area contributed by atoms with Gasteiger partial charge in [-0.15, -0.1) is 0 Å². The van der Waals surface area contributed by atoms with Crippen LogP contribution in [0.3, 0.4) is 0 Å². The molecular weight excluding hydrogens is 200 g/mol. The van der Waals surface area contributed by atoms with Crippen molar-refractivity contribution >= 4 is 0 Å². The van der Waals surface area contributed by atoms with Crippen LogP contribution < -0.4 is 0 Å². The summed E-state index contributed by atoms with van der Waals surface area (Å²) < 4.78 is 6.02. The fraction of sp³-hybridized carbons (Fsp3) is 1.00. The molecule has 0 bridgehead atoms. The molecule has 0 aromatic carbocycles. The van der Waals surface area contributed by atoms with Crippen molar-refractivity contribution in [3.63, 3.8) is 0 Å². The van der Waals surface area contributed by atoms with Gasteiger partial charge >= 0.3 is 0 Å². The Morgan fingerprint density at radius 1 is 1.12 bits per heavy atom. The summed E-state index contributed by atoms with van der Waals surface area (Å²) in [6, 6.07) is 0. The molecule has 2 rings (SSSR count). The SMILES string of the molecule is CCOC1(C(O)C2CCC2)CCCCCC1. The zero-order valence-electron chi connectivity index (χ0n) is 10.6. The van der Waals surface area contributed by atoms with Gasteiger partial charge < -0.3 is 9.84 Å². The van der Waals surface area contributed by atoms with Crippen LogP contribution in [-0.2, 0) is 4.74 Å². The van der Waals surface area contributed by atoms with Crippen LogP contribution in [0.2, 0.25) is 0 Å². The number of aliphatic hydroxyl groups is 1. The Kier molecular flexibility index (Phi) is 4.26. The fourth-order valence-corrected chi connectivity index (χ4v) is 3.33. The monoisotopic (exact) mass is 226 g/mol. The zero-order valence-corrected chi connectivity index (χ0v) is 10.6. The zero-order chi connectivity index (χ0) is 11.4. The van der Waals surface area contributed by atoms with Gasteiger partial charge in [-0.05, 0) is 38.5 Å². The Labute approximate surface area is 99.4 Å². The molecule has 16 heavy (non-hydrogen) atoms. The van der Waals surface area contributed by atoms with E-state index in [1.165, 1.54) is 44.9 Å². The van der Waals surface area contributed by atoms with Crippen LogP contribution in [0, 0.1) is 5.92 Å². The second-order valence-corrected chi connectivity index (χ2v) is 5.55. The van der Waals surface area contributed by atoms with E-state index in [0.29, 0.717) is 5.92 Å². The highest BCUT2D eigenvalue weighted by atomic mass is 16.5. The van der Waals surface area contributed by atoms with Gasteiger partial charge in [-0.3, -0.25) is 0 Å². The molecule has 2 nitrogen and oxygen atoms in total. The van der Waals surface area contributed by atoms with Gasteiger partial charge in [-0.1, -0.05) is 32.1 Å². The molecule has 1 N–H and O–H groups in total. The molecule has 1 unspecified atom stereocenters. The molecule has 0 radical (unpaired) electrons. The predicted molar refractivity (Wildman–Crippen MR) is 65.4 cm³/mol. The van der Waals surface area contributed by atoms with Gasteiger partial charge in [-0.2, -0.15) is 0 Å². The summed E-state index contributed by atoms with van der Waals surface area (Å²) in [6.07, 6.45) is 10.7. The maximum atomic E-state index is 10.6. The van der Waals surface area contributed by atoms with Gasteiger partial charge in [0.05, 0.1) is 11.7 Å². The van der Waals surface area contributed by atoms with Crippen LogP contribution in [0.25, 0.3) is 0 Å². The topological polar surface area (TPSA) is 29.5 Å². The van der Waals surface area contributed by atoms with E-state index in [1.54, 1.807) is 0 Å². The van der Waals surface area contributed by atoms with Crippen molar-refractivity contribution in [3.8, 4) is 0 Å². The Morgan fingerprint density at radius 3 is 2.19 bits per heavy atom. The van der Waals surface area contributed by atoms with Crippen molar-refractivity contribution in [2.24, 2.45) is 5.92 Å². The summed E-state index contributed by atoms with van der Waals surface area (Å²) >= 11 is 0. The third-order valence-corrected chi connectivity index (χ3v) is 4.52. The Bertz CT molecular complexity index is 203. The largest absolute Gasteiger partial charge is 0.390 e. The summed E-state index contributed by atoms with van der Waals surface area (Å²) in [6.45, 7) is 2.80. The Balaban J connectivity index is 2.04. The first-order valence-corrected chi connectivity index (χ1v) is 7.10. The minimum absolute atomic E-state index is 0.198. The molecule has 2 aliphatic rings. The average Bonchev–Trinajstić information content (AvgIpc) is 2.42. The summed E-state index contributed by atoms with van der Waals surface area (Å²) in [7, 11) is 0. The molecule has 0 saturated heterocycles. The van der Waals surface area contributed by atoms with Crippen molar-refractivity contribution in [2.75, 3.05) is 6.61 Å². The van der Waals surface area contributed by atoms with E-state index in [0.717, 1.165) is 19.4 Å². The maximum Gasteiger partial charge on any atom is 0.0942 e. The van der Waals surface area contributed by atoms with Gasteiger partial charge in [0.2, 0.25) is 0 Å². The van der Waals surface area contributed by atoms with Crippen LogP contribution in [-0.4, -0.2) is 23.4 Å². The summed E-state index contributed by atoms with van der Waals surface area (Å²) in [5.74, 6) is 0.518. The molecule has 0 amide bonds. The predicted octanol–water partition coefficient (Wildman–Crippen LogP) is 3.28. The third kappa shape index (κ3) is 2.43. The summed E-state index contributed by atoms with van der Waals surface area (Å²) in [5.41, 5.74) is -0.198. The van der Waals surface area contributed by atoms with E-state index in [4.69, 9.17) is 4.74 Å². The van der Waals surface area contributed by atoms with Crippen molar-refractivity contribution < 1.29 is 9.84 Å². The molecule has 0 aromatic heterocycles. The van der Waals surface area contributed by atoms with E-state index in [1.807, 2.05) is 0 Å². The van der Waals surface area contributed by atoms with E-state index >= 15 is 0 Å². The van der Waals surface area contributed by atoms with Gasteiger partial charge in [0, 0.05) is 6.61 Å². The highest BCUT2D eigenvalue weighted by molar-refractivity contribution is 4.95. The highest BCUT2D eigenvalue weighted by Crippen LogP contribution is 2.41. The molecule has 1 atom stereocenters. The lowest BCUT2D eigenvalue weighted by atomic mass is 9.72. The number of hydrogen-bond donors (Lipinski definition) is 1. The first-order chi connectivity index (χ1) is 7.78. The second kappa shape index (κ2) is 5.50. The Hall–Kier alpha value is -0.0800. The van der Waals surface area contributed by atoms with Gasteiger partial charge in [0.15, 0.2) is 0 Å². The smallest absolute Gasteiger partial charge is 0.0942 e. The lowest BCUT2D eigenvalue weighted by Gasteiger charge is -2.44. The van der Waals surface area contributed by atoms with Crippen molar-refractivity contribution in [2.45, 2.75) is 76.4 Å². The maximum absolute atomic E-state index is 10.6. The van der Waals surface area contributed by atoms with Crippen LogP contribution >= 0.6 is 0 Å². The van der Waals surface area contributed by atoms with Crippen LogP contribution in [0.4, 0.5) is 0 Å². The highest BCUT2D eigenvalue weighted by Gasteiger charge is 2.44. The fourth-order valence-electron chi connectivity index (χ4n) is 3.33. The molecule has 2 saturated carbocycles. The average molecular weight is 226 g/mol. The second-order valence-electron chi connectivity index (χ2n) is 5.55. The molecule has 0 spiro atoms. The molecule has 2 aliphatic carbocycles. The third-order valence-electron chi connectivity index (χ3n) is 4.52. The molecule has 0 aliphatic heterocycles. The first-order valence-electron chi connectivity index (χ1n) is 7.10. The van der Waals surface area contributed by atoms with E-state index in [9.17, 15) is 5.11 Å². The van der Waals surface area contributed by atoms with E-state index in [2.05, 4.69) is 6.92 Å². The molecule has 2 fully saturated rings. The standard InChI is InChI=1S/C14H26O2/c1-2-16-14(10-5-3-4-6-11-14)13(15)12-8-7-9-12/h12-13,15H,2-11H2,1H3. The number of rotatable bonds is 4. The van der Waals surface area contributed by atoms with Crippen molar-refractivity contribution in [3.05, 3.63) is 0 Å².